The molecule has 2 N–H and O–H groups in total. The van der Waals surface area contributed by atoms with Gasteiger partial charge in [-0.05, 0) is 36.9 Å². The molecule has 0 aromatic heterocycles. The smallest absolute Gasteiger partial charge is 0.228 e. The molecular formula is C18H21FN2O2. The van der Waals surface area contributed by atoms with Gasteiger partial charge in [-0.15, -0.1) is 0 Å². The fourth-order valence-corrected chi connectivity index (χ4v) is 2.13. The second-order valence-electron chi connectivity index (χ2n) is 5.39. The van der Waals surface area contributed by atoms with Gasteiger partial charge >= 0.3 is 0 Å². The number of hydrogen-bond donors (Lipinski definition) is 2. The van der Waals surface area contributed by atoms with Crippen molar-refractivity contribution in [2.45, 2.75) is 13.5 Å². The van der Waals surface area contributed by atoms with Crippen molar-refractivity contribution < 1.29 is 13.9 Å². The highest BCUT2D eigenvalue weighted by Crippen LogP contribution is 2.16. The van der Waals surface area contributed by atoms with Crippen molar-refractivity contribution in [2.75, 3.05) is 18.9 Å². The van der Waals surface area contributed by atoms with E-state index in [1.165, 1.54) is 12.1 Å². The molecule has 0 fully saturated rings. The minimum atomic E-state index is -0.331. The van der Waals surface area contributed by atoms with Crippen LogP contribution in [-0.2, 0) is 11.4 Å². The van der Waals surface area contributed by atoms with Crippen LogP contribution in [0.3, 0.4) is 0 Å². The standard InChI is InChI=1S/C18H21FN2O2/c1-13(11-20-2)18(22)21-16-7-3-5-14(9-16)12-23-17-8-4-6-15(19)10-17/h3-10,13,20H,11-12H2,1-2H3,(H,21,22). The third-order valence-corrected chi connectivity index (χ3v) is 3.35. The summed E-state index contributed by atoms with van der Waals surface area (Å²) in [7, 11) is 1.81. The molecule has 0 aliphatic rings. The van der Waals surface area contributed by atoms with Crippen molar-refractivity contribution in [3.8, 4) is 5.75 Å². The first-order valence-corrected chi connectivity index (χ1v) is 7.51. The Balaban J connectivity index is 1.95. The number of hydrogen-bond acceptors (Lipinski definition) is 3. The molecule has 1 amide bonds. The molecule has 2 rings (SSSR count). The Kier molecular flexibility index (Phi) is 6.11. The van der Waals surface area contributed by atoms with Crippen LogP contribution in [0.2, 0.25) is 0 Å². The molecule has 0 bridgehead atoms. The maximum atomic E-state index is 13.1. The summed E-state index contributed by atoms with van der Waals surface area (Å²) < 4.78 is 18.7. The Morgan fingerprint density at radius 1 is 1.22 bits per heavy atom. The normalized spacial score (nSPS) is 11.8. The predicted octanol–water partition coefficient (Wildman–Crippen LogP) is 3.20. The Morgan fingerprint density at radius 2 is 2.00 bits per heavy atom. The summed E-state index contributed by atoms with van der Waals surface area (Å²) >= 11 is 0. The fraction of sp³-hybridized carbons (Fsp3) is 0.278. The van der Waals surface area contributed by atoms with Crippen molar-refractivity contribution >= 4 is 11.6 Å². The predicted molar refractivity (Wildman–Crippen MR) is 88.9 cm³/mol. The molecule has 0 saturated carbocycles. The first-order valence-electron chi connectivity index (χ1n) is 7.51. The Morgan fingerprint density at radius 3 is 2.74 bits per heavy atom. The molecule has 2 aromatic carbocycles. The third-order valence-electron chi connectivity index (χ3n) is 3.35. The SMILES string of the molecule is CNCC(C)C(=O)Nc1cccc(COc2cccc(F)c2)c1. The van der Waals surface area contributed by atoms with Crippen LogP contribution in [0.4, 0.5) is 10.1 Å². The lowest BCUT2D eigenvalue weighted by Crippen LogP contribution is -2.28. The maximum absolute atomic E-state index is 13.1. The van der Waals surface area contributed by atoms with E-state index in [4.69, 9.17) is 4.74 Å². The Labute approximate surface area is 135 Å². The Bertz CT molecular complexity index is 661. The molecule has 0 heterocycles. The van der Waals surface area contributed by atoms with Crippen LogP contribution in [0, 0.1) is 11.7 Å². The third kappa shape index (κ3) is 5.38. The zero-order chi connectivity index (χ0) is 16.7. The zero-order valence-corrected chi connectivity index (χ0v) is 13.3. The monoisotopic (exact) mass is 316 g/mol. The van der Waals surface area contributed by atoms with Gasteiger partial charge in [-0.25, -0.2) is 4.39 Å². The van der Waals surface area contributed by atoms with E-state index in [2.05, 4.69) is 10.6 Å². The topological polar surface area (TPSA) is 50.4 Å². The average molecular weight is 316 g/mol. The first kappa shape index (κ1) is 17.0. The highest BCUT2D eigenvalue weighted by Gasteiger charge is 2.11. The van der Waals surface area contributed by atoms with Crippen LogP contribution in [-0.4, -0.2) is 19.5 Å². The molecule has 4 nitrogen and oxygen atoms in total. The molecule has 1 unspecified atom stereocenters. The van der Waals surface area contributed by atoms with Crippen LogP contribution in [0.5, 0.6) is 5.75 Å². The second-order valence-corrected chi connectivity index (χ2v) is 5.39. The van der Waals surface area contributed by atoms with Crippen LogP contribution < -0.4 is 15.4 Å². The van der Waals surface area contributed by atoms with Gasteiger partial charge < -0.3 is 15.4 Å². The molecule has 1 atom stereocenters. The van der Waals surface area contributed by atoms with Gasteiger partial charge in [0, 0.05) is 24.2 Å². The number of anilines is 1. The van der Waals surface area contributed by atoms with Crippen LogP contribution in [0.1, 0.15) is 12.5 Å². The molecule has 122 valence electrons. The molecule has 0 spiro atoms. The number of carbonyl (C=O) groups excluding carboxylic acids is 1. The lowest BCUT2D eigenvalue weighted by Gasteiger charge is -2.12. The van der Waals surface area contributed by atoms with E-state index in [0.717, 1.165) is 11.3 Å². The average Bonchev–Trinajstić information content (AvgIpc) is 2.53. The van der Waals surface area contributed by atoms with Gasteiger partial charge in [0.1, 0.15) is 18.2 Å². The molecule has 5 heteroatoms. The number of rotatable bonds is 7. The summed E-state index contributed by atoms with van der Waals surface area (Å²) in [6.07, 6.45) is 0. The van der Waals surface area contributed by atoms with E-state index >= 15 is 0 Å². The summed E-state index contributed by atoms with van der Waals surface area (Å²) in [6.45, 7) is 2.79. The highest BCUT2D eigenvalue weighted by molar-refractivity contribution is 5.92. The van der Waals surface area contributed by atoms with Crippen molar-refractivity contribution in [1.29, 1.82) is 0 Å². The number of halogens is 1. The van der Waals surface area contributed by atoms with Crippen molar-refractivity contribution in [3.63, 3.8) is 0 Å². The number of carbonyl (C=O) groups is 1. The summed E-state index contributed by atoms with van der Waals surface area (Å²) in [5.74, 6) is -0.0149. The van der Waals surface area contributed by atoms with E-state index in [9.17, 15) is 9.18 Å². The molecule has 23 heavy (non-hydrogen) atoms. The van der Waals surface area contributed by atoms with Gasteiger partial charge in [0.05, 0.1) is 0 Å². The van der Waals surface area contributed by atoms with E-state index in [1.807, 2.05) is 38.2 Å². The summed E-state index contributed by atoms with van der Waals surface area (Å²) in [4.78, 5) is 12.0. The second kappa shape index (κ2) is 8.29. The summed E-state index contributed by atoms with van der Waals surface area (Å²) in [5.41, 5.74) is 1.62. The van der Waals surface area contributed by atoms with Gasteiger partial charge in [-0.2, -0.15) is 0 Å². The minimum absolute atomic E-state index is 0.0393. The number of nitrogens with one attached hydrogen (secondary N) is 2. The van der Waals surface area contributed by atoms with Gasteiger partial charge in [0.2, 0.25) is 5.91 Å². The van der Waals surface area contributed by atoms with Crippen molar-refractivity contribution in [1.82, 2.24) is 5.32 Å². The largest absolute Gasteiger partial charge is 0.489 e. The van der Waals surface area contributed by atoms with Gasteiger partial charge in [-0.1, -0.05) is 25.1 Å². The summed E-state index contributed by atoms with van der Waals surface area (Å²) in [6, 6.07) is 13.4. The molecular weight excluding hydrogens is 295 g/mol. The van der Waals surface area contributed by atoms with Gasteiger partial charge in [0.15, 0.2) is 0 Å². The number of amides is 1. The molecule has 0 saturated heterocycles. The van der Waals surface area contributed by atoms with E-state index in [-0.39, 0.29) is 17.6 Å². The van der Waals surface area contributed by atoms with E-state index in [0.29, 0.717) is 18.9 Å². The quantitative estimate of drug-likeness (QED) is 0.825. The summed E-state index contributed by atoms with van der Waals surface area (Å²) in [5, 5.41) is 5.86. The molecule has 0 radical (unpaired) electrons. The highest BCUT2D eigenvalue weighted by atomic mass is 19.1. The molecule has 0 aliphatic heterocycles. The molecule has 0 aliphatic carbocycles. The van der Waals surface area contributed by atoms with Crippen LogP contribution >= 0.6 is 0 Å². The number of benzene rings is 2. The lowest BCUT2D eigenvalue weighted by molar-refractivity contribution is -0.119. The van der Waals surface area contributed by atoms with Crippen molar-refractivity contribution in [2.24, 2.45) is 5.92 Å². The molecule has 2 aromatic rings. The zero-order valence-electron chi connectivity index (χ0n) is 13.3. The Hall–Kier alpha value is -2.40. The minimum Gasteiger partial charge on any atom is -0.489 e. The van der Waals surface area contributed by atoms with Crippen LogP contribution in [0.25, 0.3) is 0 Å². The van der Waals surface area contributed by atoms with E-state index < -0.39 is 0 Å². The number of ether oxygens (including phenoxy) is 1. The maximum Gasteiger partial charge on any atom is 0.228 e. The van der Waals surface area contributed by atoms with Gasteiger partial charge in [0.25, 0.3) is 0 Å². The van der Waals surface area contributed by atoms with E-state index in [1.54, 1.807) is 12.1 Å². The van der Waals surface area contributed by atoms with Crippen LogP contribution in [0.15, 0.2) is 48.5 Å². The van der Waals surface area contributed by atoms with Crippen molar-refractivity contribution in [3.05, 3.63) is 59.9 Å². The first-order chi connectivity index (χ1) is 11.1. The fourth-order valence-electron chi connectivity index (χ4n) is 2.13. The van der Waals surface area contributed by atoms with Gasteiger partial charge in [-0.3, -0.25) is 4.79 Å². The lowest BCUT2D eigenvalue weighted by atomic mass is 10.1.